The molecule has 0 heterocycles. The Bertz CT molecular complexity index is 433. The van der Waals surface area contributed by atoms with E-state index >= 15 is 0 Å². The number of hydrogen-bond donors (Lipinski definition) is 1. The zero-order valence-corrected chi connectivity index (χ0v) is 12.7. The lowest BCUT2D eigenvalue weighted by Crippen LogP contribution is -2.25. The Morgan fingerprint density at radius 1 is 1.32 bits per heavy atom. The molecular formula is C16H25NO2. The fourth-order valence-corrected chi connectivity index (χ4v) is 1.86. The molecule has 0 saturated heterocycles. The quantitative estimate of drug-likeness (QED) is 0.823. The summed E-state index contributed by atoms with van der Waals surface area (Å²) in [5.74, 6) is -0.164. The van der Waals surface area contributed by atoms with E-state index in [2.05, 4.69) is 31.3 Å². The number of benzene rings is 1. The van der Waals surface area contributed by atoms with Gasteiger partial charge in [-0.3, -0.25) is 4.79 Å². The molecule has 106 valence electrons. The Hall–Kier alpha value is -1.51. The predicted octanol–water partition coefficient (Wildman–Crippen LogP) is 3.70. The molecule has 3 nitrogen and oxygen atoms in total. The van der Waals surface area contributed by atoms with Crippen LogP contribution < -0.4 is 5.32 Å². The van der Waals surface area contributed by atoms with Crippen LogP contribution in [-0.4, -0.2) is 18.1 Å². The molecule has 0 amide bonds. The Morgan fingerprint density at radius 2 is 2.00 bits per heavy atom. The van der Waals surface area contributed by atoms with E-state index in [0.717, 1.165) is 12.1 Å². The molecule has 0 radical (unpaired) electrons. The van der Waals surface area contributed by atoms with Crippen LogP contribution in [0.15, 0.2) is 18.2 Å². The van der Waals surface area contributed by atoms with E-state index in [0.29, 0.717) is 13.0 Å². The van der Waals surface area contributed by atoms with E-state index in [1.807, 2.05) is 26.8 Å². The second kappa shape index (κ2) is 6.60. The lowest BCUT2D eigenvalue weighted by Gasteiger charge is -2.19. The minimum atomic E-state index is -0.406. The Labute approximate surface area is 116 Å². The highest BCUT2D eigenvalue weighted by atomic mass is 16.6. The van der Waals surface area contributed by atoms with Crippen molar-refractivity contribution in [1.29, 1.82) is 0 Å². The minimum absolute atomic E-state index is 0.164. The van der Waals surface area contributed by atoms with Gasteiger partial charge in [-0.05, 0) is 57.4 Å². The number of carbonyl (C=O) groups is 1. The summed E-state index contributed by atoms with van der Waals surface area (Å²) in [6, 6.07) is 6.29. The number of ether oxygens (including phenoxy) is 1. The monoisotopic (exact) mass is 263 g/mol. The maximum atomic E-state index is 11.6. The van der Waals surface area contributed by atoms with Crippen LogP contribution in [0.3, 0.4) is 0 Å². The van der Waals surface area contributed by atoms with Gasteiger partial charge in [0.25, 0.3) is 0 Å². The molecule has 0 aliphatic heterocycles. The topological polar surface area (TPSA) is 38.3 Å². The van der Waals surface area contributed by atoms with Crippen molar-refractivity contribution >= 4 is 11.7 Å². The van der Waals surface area contributed by atoms with Gasteiger partial charge in [-0.25, -0.2) is 0 Å². The summed E-state index contributed by atoms with van der Waals surface area (Å²) >= 11 is 0. The molecule has 0 aliphatic carbocycles. The SMILES string of the molecule is CCc1cc(NCCC(=O)OC(C)(C)C)ccc1C. The molecule has 1 aromatic carbocycles. The van der Waals surface area contributed by atoms with Crippen molar-refractivity contribution < 1.29 is 9.53 Å². The number of carbonyl (C=O) groups excluding carboxylic acids is 1. The third-order valence-electron chi connectivity index (χ3n) is 2.81. The number of hydrogen-bond acceptors (Lipinski definition) is 3. The Kier molecular flexibility index (Phi) is 5.40. The third kappa shape index (κ3) is 5.77. The average Bonchev–Trinajstić information content (AvgIpc) is 2.29. The Balaban J connectivity index is 2.43. The van der Waals surface area contributed by atoms with Crippen molar-refractivity contribution in [1.82, 2.24) is 0 Å². The van der Waals surface area contributed by atoms with Crippen LogP contribution in [0.1, 0.15) is 45.2 Å². The summed E-state index contributed by atoms with van der Waals surface area (Å²) in [4.78, 5) is 11.6. The molecule has 0 fully saturated rings. The number of rotatable bonds is 5. The van der Waals surface area contributed by atoms with Crippen LogP contribution in [0.25, 0.3) is 0 Å². The molecule has 0 unspecified atom stereocenters. The van der Waals surface area contributed by atoms with Crippen LogP contribution in [0.2, 0.25) is 0 Å². The van der Waals surface area contributed by atoms with E-state index in [1.165, 1.54) is 11.1 Å². The molecule has 0 bridgehead atoms. The number of aryl methyl sites for hydroxylation is 2. The van der Waals surface area contributed by atoms with Crippen molar-refractivity contribution in [3.63, 3.8) is 0 Å². The normalized spacial score (nSPS) is 11.2. The van der Waals surface area contributed by atoms with E-state index in [4.69, 9.17) is 4.74 Å². The van der Waals surface area contributed by atoms with E-state index in [9.17, 15) is 4.79 Å². The molecular weight excluding hydrogens is 238 g/mol. The number of esters is 1. The number of nitrogens with one attached hydrogen (secondary N) is 1. The summed E-state index contributed by atoms with van der Waals surface area (Å²) in [6.07, 6.45) is 1.40. The van der Waals surface area contributed by atoms with Gasteiger partial charge >= 0.3 is 5.97 Å². The van der Waals surface area contributed by atoms with Gasteiger partial charge in [-0.1, -0.05) is 13.0 Å². The predicted molar refractivity (Wildman–Crippen MR) is 79.5 cm³/mol. The van der Waals surface area contributed by atoms with Crippen molar-refractivity contribution in [2.75, 3.05) is 11.9 Å². The fourth-order valence-electron chi connectivity index (χ4n) is 1.86. The largest absolute Gasteiger partial charge is 0.460 e. The summed E-state index contributed by atoms with van der Waals surface area (Å²) in [5, 5.41) is 3.26. The average molecular weight is 263 g/mol. The second-order valence-electron chi connectivity index (χ2n) is 5.76. The Morgan fingerprint density at radius 3 is 2.58 bits per heavy atom. The van der Waals surface area contributed by atoms with Crippen molar-refractivity contribution in [2.24, 2.45) is 0 Å². The molecule has 1 rings (SSSR count). The molecule has 1 aromatic rings. The molecule has 19 heavy (non-hydrogen) atoms. The molecule has 1 N–H and O–H groups in total. The molecule has 0 aliphatic rings. The van der Waals surface area contributed by atoms with Crippen molar-refractivity contribution in [2.45, 2.75) is 53.1 Å². The highest BCUT2D eigenvalue weighted by molar-refractivity contribution is 5.70. The first kappa shape index (κ1) is 15.5. The third-order valence-corrected chi connectivity index (χ3v) is 2.81. The van der Waals surface area contributed by atoms with Crippen LogP contribution >= 0.6 is 0 Å². The molecule has 0 spiro atoms. The lowest BCUT2D eigenvalue weighted by atomic mass is 10.1. The first-order chi connectivity index (χ1) is 8.81. The van der Waals surface area contributed by atoms with Crippen LogP contribution in [0.4, 0.5) is 5.69 Å². The van der Waals surface area contributed by atoms with Crippen LogP contribution in [0, 0.1) is 6.92 Å². The fraction of sp³-hybridized carbons (Fsp3) is 0.562. The van der Waals surface area contributed by atoms with Gasteiger partial charge in [-0.15, -0.1) is 0 Å². The molecule has 0 aromatic heterocycles. The maximum absolute atomic E-state index is 11.6. The molecule has 0 saturated carbocycles. The van der Waals surface area contributed by atoms with Gasteiger partial charge in [0.2, 0.25) is 0 Å². The zero-order chi connectivity index (χ0) is 14.5. The first-order valence-electron chi connectivity index (χ1n) is 6.87. The van der Waals surface area contributed by atoms with Gasteiger partial charge < -0.3 is 10.1 Å². The van der Waals surface area contributed by atoms with Gasteiger partial charge in [-0.2, -0.15) is 0 Å². The van der Waals surface area contributed by atoms with Crippen molar-refractivity contribution in [3.8, 4) is 0 Å². The van der Waals surface area contributed by atoms with Gasteiger partial charge in [0.05, 0.1) is 6.42 Å². The summed E-state index contributed by atoms with van der Waals surface area (Å²) in [5.41, 5.74) is 3.30. The minimum Gasteiger partial charge on any atom is -0.460 e. The summed E-state index contributed by atoms with van der Waals surface area (Å²) < 4.78 is 5.26. The smallest absolute Gasteiger partial charge is 0.308 e. The summed E-state index contributed by atoms with van der Waals surface area (Å²) in [7, 11) is 0. The number of anilines is 1. The maximum Gasteiger partial charge on any atom is 0.308 e. The zero-order valence-electron chi connectivity index (χ0n) is 12.7. The van der Waals surface area contributed by atoms with E-state index in [-0.39, 0.29) is 5.97 Å². The second-order valence-corrected chi connectivity index (χ2v) is 5.76. The summed E-state index contributed by atoms with van der Waals surface area (Å²) in [6.45, 7) is 10.5. The van der Waals surface area contributed by atoms with E-state index in [1.54, 1.807) is 0 Å². The van der Waals surface area contributed by atoms with Crippen LogP contribution in [-0.2, 0) is 16.0 Å². The van der Waals surface area contributed by atoms with E-state index < -0.39 is 5.60 Å². The standard InChI is InChI=1S/C16H25NO2/c1-6-13-11-14(8-7-12(13)2)17-10-9-15(18)19-16(3,4)5/h7-8,11,17H,6,9-10H2,1-5H3. The van der Waals surface area contributed by atoms with Gasteiger partial charge in [0.1, 0.15) is 5.60 Å². The highest BCUT2D eigenvalue weighted by Gasteiger charge is 2.15. The molecule has 3 heteroatoms. The molecule has 0 atom stereocenters. The lowest BCUT2D eigenvalue weighted by molar-refractivity contribution is -0.154. The van der Waals surface area contributed by atoms with Crippen LogP contribution in [0.5, 0.6) is 0 Å². The van der Waals surface area contributed by atoms with Gasteiger partial charge in [0, 0.05) is 12.2 Å². The van der Waals surface area contributed by atoms with Gasteiger partial charge in [0.15, 0.2) is 0 Å². The van der Waals surface area contributed by atoms with Crippen molar-refractivity contribution in [3.05, 3.63) is 29.3 Å². The first-order valence-corrected chi connectivity index (χ1v) is 6.87. The highest BCUT2D eigenvalue weighted by Crippen LogP contribution is 2.16.